The molecular weight excluding hydrogens is 412 g/mol. The highest BCUT2D eigenvalue weighted by Gasteiger charge is 2.25. The lowest BCUT2D eigenvalue weighted by Crippen LogP contribution is -2.33. The van der Waals surface area contributed by atoms with E-state index in [1.54, 1.807) is 0 Å². The Kier molecular flexibility index (Phi) is 20.6. The molecule has 0 aliphatic heterocycles. The highest BCUT2D eigenvalue weighted by Crippen LogP contribution is 2.27. The van der Waals surface area contributed by atoms with Gasteiger partial charge in [0.25, 0.3) is 0 Å². The van der Waals surface area contributed by atoms with E-state index in [9.17, 15) is 4.79 Å². The predicted molar refractivity (Wildman–Crippen MR) is 143 cm³/mol. The summed E-state index contributed by atoms with van der Waals surface area (Å²) in [5, 5.41) is 0. The van der Waals surface area contributed by atoms with Crippen LogP contribution in [0.1, 0.15) is 130 Å². The number of carbonyl (C=O) groups is 1. The molecule has 0 saturated heterocycles. The fourth-order valence-corrected chi connectivity index (χ4v) is 5.23. The summed E-state index contributed by atoms with van der Waals surface area (Å²) in [5.41, 5.74) is 0.277. The Morgan fingerprint density at radius 3 is 1.62 bits per heavy atom. The molecule has 0 fully saturated rings. The van der Waals surface area contributed by atoms with Gasteiger partial charge in [0.15, 0.2) is 9.04 Å². The fraction of sp³-hybridized carbons (Fsp3) is 0.893. The molecular formula is C28H56O3Si. The molecule has 0 saturated carbocycles. The molecule has 0 rings (SSSR count). The zero-order chi connectivity index (χ0) is 24.1. The summed E-state index contributed by atoms with van der Waals surface area (Å²) in [6.45, 7) is 13.6. The summed E-state index contributed by atoms with van der Waals surface area (Å²) in [4.78, 5) is 10.7. The second-order valence-corrected chi connectivity index (χ2v) is 13.2. The van der Waals surface area contributed by atoms with Crippen molar-refractivity contribution in [1.29, 1.82) is 0 Å². The maximum absolute atomic E-state index is 10.7. The first kappa shape index (κ1) is 31.4. The minimum Gasteiger partial charge on any atom is -0.466 e. The van der Waals surface area contributed by atoms with E-state index in [0.717, 1.165) is 6.42 Å². The van der Waals surface area contributed by atoms with Crippen LogP contribution in [0.5, 0.6) is 0 Å². The largest absolute Gasteiger partial charge is 0.466 e. The third kappa shape index (κ3) is 22.6. The minimum atomic E-state index is -0.948. The van der Waals surface area contributed by atoms with Gasteiger partial charge < -0.3 is 9.16 Å². The molecule has 1 atom stereocenters. The van der Waals surface area contributed by atoms with Crippen molar-refractivity contribution in [3.05, 3.63) is 12.2 Å². The minimum absolute atomic E-state index is 0.163. The topological polar surface area (TPSA) is 35.5 Å². The molecule has 0 amide bonds. The zero-order valence-corrected chi connectivity index (χ0v) is 23.7. The Morgan fingerprint density at radius 1 is 0.750 bits per heavy atom. The number of rotatable bonds is 21. The highest BCUT2D eigenvalue weighted by molar-refractivity contribution is 6.48. The number of hydrogen-bond acceptors (Lipinski definition) is 3. The fourth-order valence-electron chi connectivity index (χ4n) is 4.03. The predicted octanol–water partition coefficient (Wildman–Crippen LogP) is 8.76. The van der Waals surface area contributed by atoms with Crippen LogP contribution in [0.3, 0.4) is 0 Å². The Morgan fingerprint density at radius 2 is 1.19 bits per heavy atom. The van der Waals surface area contributed by atoms with Crippen LogP contribution in [0.25, 0.3) is 0 Å². The average Bonchev–Trinajstić information content (AvgIpc) is 2.70. The van der Waals surface area contributed by atoms with Gasteiger partial charge in [-0.15, -0.1) is 0 Å². The molecule has 0 aromatic heterocycles. The number of carbonyl (C=O) groups excluding carboxylic acids is 1. The van der Waals surface area contributed by atoms with E-state index < -0.39 is 9.04 Å². The number of esters is 1. The molecule has 0 aliphatic rings. The summed E-state index contributed by atoms with van der Waals surface area (Å²) >= 11 is 0. The van der Waals surface area contributed by atoms with E-state index in [0.29, 0.717) is 12.7 Å². The molecule has 0 bridgehead atoms. The van der Waals surface area contributed by atoms with Crippen molar-refractivity contribution >= 4 is 15.0 Å². The summed E-state index contributed by atoms with van der Waals surface area (Å²) in [6, 6.07) is 0. The Bertz CT molecular complexity index is 454. The van der Waals surface area contributed by atoms with Crippen LogP contribution < -0.4 is 0 Å². The molecule has 1 unspecified atom stereocenters. The lowest BCUT2D eigenvalue weighted by atomic mass is 9.86. The summed E-state index contributed by atoms with van der Waals surface area (Å²) in [6.07, 6.45) is 25.9. The van der Waals surface area contributed by atoms with Gasteiger partial charge in [-0.25, -0.2) is 0 Å². The second-order valence-electron chi connectivity index (χ2n) is 10.8. The third-order valence-electron chi connectivity index (χ3n) is 5.98. The van der Waals surface area contributed by atoms with Crippen molar-refractivity contribution in [2.24, 2.45) is 5.41 Å². The third-order valence-corrected chi connectivity index (χ3v) is 6.85. The molecule has 0 heterocycles. The molecule has 3 nitrogen and oxygen atoms in total. The maximum atomic E-state index is 10.7. The van der Waals surface area contributed by atoms with E-state index in [-0.39, 0.29) is 11.4 Å². The van der Waals surface area contributed by atoms with Crippen molar-refractivity contribution in [2.45, 2.75) is 150 Å². The average molecular weight is 469 g/mol. The second kappa shape index (κ2) is 21.0. The first-order chi connectivity index (χ1) is 15.2. The molecule has 4 heteroatoms. The van der Waals surface area contributed by atoms with E-state index in [2.05, 4.69) is 46.0 Å². The van der Waals surface area contributed by atoms with Crippen LogP contribution in [-0.4, -0.2) is 27.7 Å². The van der Waals surface area contributed by atoms with Crippen LogP contribution in [0, 0.1) is 5.41 Å². The van der Waals surface area contributed by atoms with Crippen LogP contribution in [0.4, 0.5) is 0 Å². The lowest BCUT2D eigenvalue weighted by Gasteiger charge is -2.32. The van der Waals surface area contributed by atoms with Crippen molar-refractivity contribution < 1.29 is 14.0 Å². The van der Waals surface area contributed by atoms with E-state index in [1.165, 1.54) is 103 Å². The first-order valence-electron chi connectivity index (χ1n) is 13.7. The molecule has 0 spiro atoms. The van der Waals surface area contributed by atoms with Gasteiger partial charge in [0, 0.05) is 13.0 Å². The van der Waals surface area contributed by atoms with Crippen LogP contribution in [-0.2, 0) is 14.0 Å². The van der Waals surface area contributed by atoms with Gasteiger partial charge in [-0.3, -0.25) is 4.79 Å². The normalized spacial score (nSPS) is 13.2. The SMILES string of the molecule is CC(=O)OCCCCCCC/C=C\CCCCCCCCCCC(O[SiH](C)C)C(C)(C)C. The van der Waals surface area contributed by atoms with Gasteiger partial charge in [-0.05, 0) is 57.0 Å². The smallest absolute Gasteiger partial charge is 0.302 e. The molecule has 190 valence electrons. The number of unbranched alkanes of at least 4 members (excludes halogenated alkanes) is 13. The van der Waals surface area contributed by atoms with Crippen molar-refractivity contribution in [1.82, 2.24) is 0 Å². The van der Waals surface area contributed by atoms with Gasteiger partial charge >= 0.3 is 5.97 Å². The molecule has 0 N–H and O–H groups in total. The Hall–Kier alpha value is -0.613. The maximum Gasteiger partial charge on any atom is 0.302 e. The van der Waals surface area contributed by atoms with Gasteiger partial charge in [-0.1, -0.05) is 97.1 Å². The molecule has 32 heavy (non-hydrogen) atoms. The number of allylic oxidation sites excluding steroid dienone is 2. The van der Waals surface area contributed by atoms with Crippen LogP contribution in [0.15, 0.2) is 12.2 Å². The molecule has 0 aromatic rings. The van der Waals surface area contributed by atoms with Gasteiger partial charge in [-0.2, -0.15) is 0 Å². The molecule has 0 radical (unpaired) electrons. The van der Waals surface area contributed by atoms with Gasteiger partial charge in [0.1, 0.15) is 0 Å². The monoisotopic (exact) mass is 468 g/mol. The van der Waals surface area contributed by atoms with Crippen LogP contribution in [0.2, 0.25) is 13.1 Å². The Labute approximate surface area is 202 Å². The van der Waals surface area contributed by atoms with Crippen molar-refractivity contribution in [2.75, 3.05) is 6.61 Å². The number of hydrogen-bond donors (Lipinski definition) is 0. The van der Waals surface area contributed by atoms with E-state index in [1.807, 2.05) is 0 Å². The van der Waals surface area contributed by atoms with Crippen molar-refractivity contribution in [3.63, 3.8) is 0 Å². The highest BCUT2D eigenvalue weighted by atomic mass is 28.3. The van der Waals surface area contributed by atoms with Crippen LogP contribution >= 0.6 is 0 Å². The Balaban J connectivity index is 3.37. The zero-order valence-electron chi connectivity index (χ0n) is 22.6. The molecule has 0 aliphatic carbocycles. The summed E-state index contributed by atoms with van der Waals surface area (Å²) in [7, 11) is -0.948. The molecule has 0 aromatic carbocycles. The first-order valence-corrected chi connectivity index (χ1v) is 16.5. The summed E-state index contributed by atoms with van der Waals surface area (Å²) < 4.78 is 11.2. The van der Waals surface area contributed by atoms with E-state index in [4.69, 9.17) is 9.16 Å². The van der Waals surface area contributed by atoms with Crippen molar-refractivity contribution in [3.8, 4) is 0 Å². The number of ether oxygens (including phenoxy) is 1. The standard InChI is InChI=1S/C28H56O3Si/c1-26(29)30-25-23-21-19-17-15-13-11-9-7-8-10-12-14-16-18-20-22-24-27(28(2,3)4)31-32(5)6/h9,11,27,32H,7-8,10,12-25H2,1-6H3/b11-9-. The van der Waals surface area contributed by atoms with Gasteiger partial charge in [0.05, 0.1) is 6.61 Å². The lowest BCUT2D eigenvalue weighted by molar-refractivity contribution is -0.141. The summed E-state index contributed by atoms with van der Waals surface area (Å²) in [5.74, 6) is -0.163. The quantitative estimate of drug-likeness (QED) is 0.0730. The van der Waals surface area contributed by atoms with Gasteiger partial charge in [0.2, 0.25) is 0 Å². The van der Waals surface area contributed by atoms with E-state index >= 15 is 0 Å².